The molecule has 0 aliphatic rings. The molecule has 0 spiro atoms. The van der Waals surface area contributed by atoms with Crippen molar-refractivity contribution in [1.29, 1.82) is 0 Å². The number of oxazole rings is 1. The third kappa shape index (κ3) is 4.28. The minimum absolute atomic E-state index is 0.0661. The van der Waals surface area contributed by atoms with Gasteiger partial charge >= 0.3 is 5.76 Å². The highest BCUT2D eigenvalue weighted by molar-refractivity contribution is 5.77. The molecule has 1 amide bonds. The number of aromatic nitrogens is 3. The number of hydrogen-bond donors (Lipinski definition) is 0. The van der Waals surface area contributed by atoms with Gasteiger partial charge in [-0.15, -0.1) is 0 Å². The van der Waals surface area contributed by atoms with Crippen LogP contribution >= 0.6 is 0 Å². The number of carbonyl (C=O) groups is 1. The van der Waals surface area contributed by atoms with E-state index in [0.717, 1.165) is 22.5 Å². The summed E-state index contributed by atoms with van der Waals surface area (Å²) in [7, 11) is 1.77. The Bertz CT molecular complexity index is 1480. The molecule has 0 unspecified atom stereocenters. The molecule has 2 aromatic heterocycles. The molecule has 0 radical (unpaired) electrons. The van der Waals surface area contributed by atoms with Gasteiger partial charge in [0.1, 0.15) is 0 Å². The van der Waals surface area contributed by atoms with Crippen LogP contribution in [0.5, 0.6) is 0 Å². The maximum Gasteiger partial charge on any atom is 0.419 e. The van der Waals surface area contributed by atoms with Crippen LogP contribution in [0.4, 0.5) is 0 Å². The zero-order chi connectivity index (χ0) is 23.5. The molecule has 0 N–H and O–H groups in total. The second kappa shape index (κ2) is 9.23. The van der Waals surface area contributed by atoms with Gasteiger partial charge in [0, 0.05) is 43.9 Å². The lowest BCUT2D eigenvalue weighted by molar-refractivity contribution is -0.130. The van der Waals surface area contributed by atoms with Gasteiger partial charge in [-0.1, -0.05) is 60.7 Å². The molecule has 34 heavy (non-hydrogen) atoms. The number of carbonyl (C=O) groups excluding carboxylic acids is 1. The number of benzene rings is 3. The summed E-state index contributed by atoms with van der Waals surface area (Å²) in [6.07, 6.45) is 2.16. The summed E-state index contributed by atoms with van der Waals surface area (Å²) >= 11 is 0. The van der Waals surface area contributed by atoms with Crippen molar-refractivity contribution in [2.45, 2.75) is 19.5 Å². The first-order chi connectivity index (χ1) is 16.6. The van der Waals surface area contributed by atoms with Crippen LogP contribution in [0.15, 0.2) is 100 Å². The summed E-state index contributed by atoms with van der Waals surface area (Å²) in [5.41, 5.74) is 4.93. The first-order valence-corrected chi connectivity index (χ1v) is 11.1. The molecule has 0 aliphatic heterocycles. The molecule has 0 bridgehead atoms. The van der Waals surface area contributed by atoms with E-state index in [2.05, 4.69) is 0 Å². The summed E-state index contributed by atoms with van der Waals surface area (Å²) in [6.45, 7) is 0.658. The molecule has 170 valence electrons. The van der Waals surface area contributed by atoms with E-state index in [1.807, 2.05) is 89.7 Å². The fourth-order valence-corrected chi connectivity index (χ4v) is 4.05. The second-order valence-corrected chi connectivity index (χ2v) is 8.14. The number of fused-ring (bicyclic) bond motifs is 1. The Morgan fingerprint density at radius 2 is 1.62 bits per heavy atom. The van der Waals surface area contributed by atoms with E-state index in [-0.39, 0.29) is 18.9 Å². The lowest BCUT2D eigenvalue weighted by Crippen LogP contribution is -2.28. The maximum absolute atomic E-state index is 13.0. The van der Waals surface area contributed by atoms with E-state index in [1.165, 1.54) is 4.57 Å². The van der Waals surface area contributed by atoms with Crippen molar-refractivity contribution in [3.05, 3.63) is 107 Å². The maximum atomic E-state index is 13.0. The first kappa shape index (κ1) is 21.5. The number of rotatable bonds is 7. The predicted octanol–water partition coefficient (Wildman–Crippen LogP) is 4.50. The van der Waals surface area contributed by atoms with Crippen molar-refractivity contribution >= 4 is 17.0 Å². The van der Waals surface area contributed by atoms with Crippen LogP contribution in [0, 0.1) is 0 Å². The molecule has 0 saturated carbocycles. The van der Waals surface area contributed by atoms with E-state index in [9.17, 15) is 9.59 Å². The van der Waals surface area contributed by atoms with E-state index < -0.39 is 5.76 Å². The minimum atomic E-state index is -0.452. The average molecular weight is 453 g/mol. The normalized spacial score (nSPS) is 11.1. The van der Waals surface area contributed by atoms with Crippen LogP contribution in [0.25, 0.3) is 28.0 Å². The average Bonchev–Trinajstić information content (AvgIpc) is 3.44. The Labute approximate surface area is 196 Å². The molecule has 5 rings (SSSR count). The molecule has 3 aromatic carbocycles. The monoisotopic (exact) mass is 452 g/mol. The van der Waals surface area contributed by atoms with E-state index in [4.69, 9.17) is 9.52 Å². The smallest absolute Gasteiger partial charge is 0.408 e. The van der Waals surface area contributed by atoms with Crippen molar-refractivity contribution in [3.8, 4) is 16.9 Å². The Morgan fingerprint density at radius 3 is 2.38 bits per heavy atom. The summed E-state index contributed by atoms with van der Waals surface area (Å²) < 4.78 is 8.61. The highest BCUT2D eigenvalue weighted by Crippen LogP contribution is 2.25. The zero-order valence-electron chi connectivity index (χ0n) is 18.8. The van der Waals surface area contributed by atoms with Crippen LogP contribution in [-0.4, -0.2) is 32.2 Å². The fourth-order valence-electron chi connectivity index (χ4n) is 4.05. The van der Waals surface area contributed by atoms with Crippen molar-refractivity contribution in [2.75, 3.05) is 7.05 Å². The summed E-state index contributed by atoms with van der Waals surface area (Å²) in [6, 6.07) is 27.1. The molecule has 0 atom stereocenters. The van der Waals surface area contributed by atoms with Crippen molar-refractivity contribution in [2.24, 2.45) is 0 Å². The summed E-state index contributed by atoms with van der Waals surface area (Å²) in [4.78, 5) is 26.9. The standard InChI is InChI=1S/C27H24N4O3/c1-29(25(32)16-17-30-23-14-8-9-15-24(23)34-27(30)33)18-21-19-31(22-12-6-3-7-13-22)28-26(21)20-10-4-2-5-11-20/h2-15,19H,16-18H2,1H3. The third-order valence-electron chi connectivity index (χ3n) is 5.81. The SMILES string of the molecule is CN(Cc1cn(-c2ccccc2)nc1-c1ccccc1)C(=O)CCn1c(=O)oc2ccccc21. The van der Waals surface area contributed by atoms with E-state index in [1.54, 1.807) is 18.0 Å². The molecule has 0 saturated heterocycles. The molecule has 7 heteroatoms. The number of nitrogens with zero attached hydrogens (tertiary/aromatic N) is 4. The molecule has 0 fully saturated rings. The number of para-hydroxylation sites is 3. The van der Waals surface area contributed by atoms with Gasteiger partial charge in [-0.3, -0.25) is 9.36 Å². The summed E-state index contributed by atoms with van der Waals surface area (Å²) in [5, 5.41) is 4.82. The molecule has 5 aromatic rings. The molecule has 7 nitrogen and oxygen atoms in total. The van der Waals surface area contributed by atoms with Gasteiger partial charge in [0.15, 0.2) is 5.58 Å². The highest BCUT2D eigenvalue weighted by atomic mass is 16.4. The highest BCUT2D eigenvalue weighted by Gasteiger charge is 2.18. The van der Waals surface area contributed by atoms with Crippen LogP contribution in [0.1, 0.15) is 12.0 Å². The fraction of sp³-hybridized carbons (Fsp3) is 0.148. The van der Waals surface area contributed by atoms with Crippen molar-refractivity contribution in [1.82, 2.24) is 19.2 Å². The lowest BCUT2D eigenvalue weighted by Gasteiger charge is -2.17. The number of amides is 1. The topological polar surface area (TPSA) is 73.3 Å². The van der Waals surface area contributed by atoms with Gasteiger partial charge in [-0.05, 0) is 24.3 Å². The Balaban J connectivity index is 1.36. The van der Waals surface area contributed by atoms with Crippen LogP contribution < -0.4 is 5.76 Å². The second-order valence-electron chi connectivity index (χ2n) is 8.14. The molecular formula is C27H24N4O3. The Morgan fingerprint density at radius 1 is 0.941 bits per heavy atom. The van der Waals surface area contributed by atoms with Gasteiger partial charge in [0.25, 0.3) is 0 Å². The van der Waals surface area contributed by atoms with Gasteiger partial charge in [-0.2, -0.15) is 5.10 Å². The van der Waals surface area contributed by atoms with Crippen LogP contribution in [0.3, 0.4) is 0 Å². The zero-order valence-corrected chi connectivity index (χ0v) is 18.8. The minimum Gasteiger partial charge on any atom is -0.408 e. The third-order valence-corrected chi connectivity index (χ3v) is 5.81. The van der Waals surface area contributed by atoms with Crippen LogP contribution in [-0.2, 0) is 17.9 Å². The number of aryl methyl sites for hydroxylation is 1. The van der Waals surface area contributed by atoms with Gasteiger partial charge in [0.05, 0.1) is 16.9 Å². The molecular weight excluding hydrogens is 428 g/mol. The quantitative estimate of drug-likeness (QED) is 0.365. The van der Waals surface area contributed by atoms with Crippen molar-refractivity contribution in [3.63, 3.8) is 0 Å². The van der Waals surface area contributed by atoms with Gasteiger partial charge in [-0.25, -0.2) is 9.48 Å². The van der Waals surface area contributed by atoms with E-state index in [0.29, 0.717) is 17.6 Å². The largest absolute Gasteiger partial charge is 0.419 e. The van der Waals surface area contributed by atoms with Crippen molar-refractivity contribution < 1.29 is 9.21 Å². The Kier molecular flexibility index (Phi) is 5.82. The predicted molar refractivity (Wildman–Crippen MR) is 131 cm³/mol. The number of hydrogen-bond acceptors (Lipinski definition) is 4. The lowest BCUT2D eigenvalue weighted by atomic mass is 10.1. The van der Waals surface area contributed by atoms with Gasteiger partial charge < -0.3 is 9.32 Å². The molecule has 0 aliphatic carbocycles. The molecule has 2 heterocycles. The van der Waals surface area contributed by atoms with Crippen LogP contribution in [0.2, 0.25) is 0 Å². The first-order valence-electron chi connectivity index (χ1n) is 11.1. The Hall–Kier alpha value is -4.39. The van der Waals surface area contributed by atoms with Gasteiger partial charge in [0.2, 0.25) is 5.91 Å². The summed E-state index contributed by atoms with van der Waals surface area (Å²) in [5.74, 6) is -0.518. The van der Waals surface area contributed by atoms with E-state index >= 15 is 0 Å².